The summed E-state index contributed by atoms with van der Waals surface area (Å²) in [4.78, 5) is 14.3. The summed E-state index contributed by atoms with van der Waals surface area (Å²) >= 11 is 0. The maximum Gasteiger partial charge on any atom is 0.246 e. The first-order valence-corrected chi connectivity index (χ1v) is 7.22. The van der Waals surface area contributed by atoms with Gasteiger partial charge in [-0.05, 0) is 49.0 Å². The predicted molar refractivity (Wildman–Crippen MR) is 81.6 cm³/mol. The van der Waals surface area contributed by atoms with E-state index < -0.39 is 0 Å². The molecule has 0 bridgehead atoms. The van der Waals surface area contributed by atoms with E-state index in [1.54, 1.807) is 13.2 Å². The van der Waals surface area contributed by atoms with Gasteiger partial charge in [-0.15, -0.1) is 0 Å². The van der Waals surface area contributed by atoms with E-state index >= 15 is 0 Å². The van der Waals surface area contributed by atoms with Gasteiger partial charge in [0.25, 0.3) is 0 Å². The number of hydrogen-bond acceptors (Lipinski definition) is 2. The lowest BCUT2D eigenvalue weighted by Gasteiger charge is -2.30. The fraction of sp³-hybridized carbons (Fsp3) is 0.471. The van der Waals surface area contributed by atoms with E-state index in [-0.39, 0.29) is 5.91 Å². The van der Waals surface area contributed by atoms with Gasteiger partial charge >= 0.3 is 0 Å². The van der Waals surface area contributed by atoms with Gasteiger partial charge in [0.2, 0.25) is 5.91 Å². The van der Waals surface area contributed by atoms with E-state index in [0.29, 0.717) is 5.92 Å². The molecule has 0 radical (unpaired) electrons. The van der Waals surface area contributed by atoms with E-state index in [0.717, 1.165) is 36.4 Å². The third-order valence-corrected chi connectivity index (χ3v) is 3.83. The number of methoxy groups -OCH3 is 1. The predicted octanol–water partition coefficient (Wildman–Crippen LogP) is 3.36. The van der Waals surface area contributed by atoms with Gasteiger partial charge in [-0.3, -0.25) is 4.79 Å². The Balaban J connectivity index is 2.10. The molecule has 3 heteroatoms. The van der Waals surface area contributed by atoms with Crippen molar-refractivity contribution < 1.29 is 9.53 Å². The fourth-order valence-electron chi connectivity index (χ4n) is 2.62. The Labute approximate surface area is 121 Å². The molecule has 1 unspecified atom stereocenters. The number of nitrogens with zero attached hydrogens (tertiary/aromatic N) is 1. The van der Waals surface area contributed by atoms with Crippen LogP contribution in [0.5, 0.6) is 5.75 Å². The number of likely N-dealkylation sites (tertiary alicyclic amines) is 1. The van der Waals surface area contributed by atoms with Crippen LogP contribution >= 0.6 is 0 Å². The molecule has 1 aliphatic heterocycles. The summed E-state index contributed by atoms with van der Waals surface area (Å²) < 4.78 is 5.22. The molecule has 1 aliphatic rings. The van der Waals surface area contributed by atoms with Crippen molar-refractivity contribution in [2.45, 2.75) is 26.7 Å². The van der Waals surface area contributed by atoms with Crippen LogP contribution in [0.15, 0.2) is 30.3 Å². The molecule has 3 nitrogen and oxygen atoms in total. The molecule has 0 saturated carbocycles. The highest BCUT2D eigenvalue weighted by Crippen LogP contribution is 2.21. The number of rotatable bonds is 3. The molecule has 1 fully saturated rings. The second kappa shape index (κ2) is 6.60. The molecule has 0 N–H and O–H groups in total. The number of ether oxygens (including phenoxy) is 1. The minimum atomic E-state index is 0.122. The Kier molecular flexibility index (Phi) is 4.83. The average Bonchev–Trinajstić information content (AvgIpc) is 2.47. The van der Waals surface area contributed by atoms with Crippen molar-refractivity contribution in [1.29, 1.82) is 0 Å². The van der Waals surface area contributed by atoms with Crippen LogP contribution in [0.1, 0.15) is 32.3 Å². The van der Waals surface area contributed by atoms with Crippen LogP contribution in [-0.2, 0) is 4.79 Å². The Morgan fingerprint density at radius 1 is 1.45 bits per heavy atom. The second-order valence-corrected chi connectivity index (χ2v) is 5.59. The number of benzene rings is 1. The lowest BCUT2D eigenvalue weighted by molar-refractivity contribution is -0.127. The number of amides is 1. The van der Waals surface area contributed by atoms with Gasteiger partial charge in [-0.2, -0.15) is 0 Å². The van der Waals surface area contributed by atoms with Crippen molar-refractivity contribution >= 4 is 11.5 Å². The molecule has 1 heterocycles. The highest BCUT2D eigenvalue weighted by Gasteiger charge is 2.19. The highest BCUT2D eigenvalue weighted by molar-refractivity contribution is 5.95. The standard InChI is InChI=1S/C17H23NO2/c1-13-6-5-9-18(12-13)17(19)10-14(2)15-7-4-8-16(11-15)20-3/h4,7-8,10-11,13H,5-6,9,12H2,1-3H3/b14-10+. The van der Waals surface area contributed by atoms with Crippen molar-refractivity contribution in [3.05, 3.63) is 35.9 Å². The molecule has 1 saturated heterocycles. The molecule has 1 amide bonds. The van der Waals surface area contributed by atoms with Gasteiger partial charge in [0.15, 0.2) is 0 Å². The molecule has 1 atom stereocenters. The van der Waals surface area contributed by atoms with Crippen LogP contribution in [0.2, 0.25) is 0 Å². The lowest BCUT2D eigenvalue weighted by Crippen LogP contribution is -2.38. The smallest absolute Gasteiger partial charge is 0.246 e. The monoisotopic (exact) mass is 273 g/mol. The summed E-state index contributed by atoms with van der Waals surface area (Å²) in [5.74, 6) is 1.55. The number of carbonyl (C=O) groups is 1. The van der Waals surface area contributed by atoms with Crippen molar-refractivity contribution in [3.8, 4) is 5.75 Å². The summed E-state index contributed by atoms with van der Waals surface area (Å²) in [5, 5.41) is 0. The zero-order valence-electron chi connectivity index (χ0n) is 12.6. The third kappa shape index (κ3) is 3.62. The zero-order chi connectivity index (χ0) is 14.5. The second-order valence-electron chi connectivity index (χ2n) is 5.59. The highest BCUT2D eigenvalue weighted by atomic mass is 16.5. The van der Waals surface area contributed by atoms with Crippen LogP contribution in [0.3, 0.4) is 0 Å². The molecule has 20 heavy (non-hydrogen) atoms. The maximum atomic E-state index is 12.3. The van der Waals surface area contributed by atoms with Gasteiger partial charge in [0.1, 0.15) is 5.75 Å². The SMILES string of the molecule is COc1cccc(/C(C)=C/C(=O)N2CCCC(C)C2)c1. The van der Waals surface area contributed by atoms with E-state index in [1.807, 2.05) is 36.1 Å². The van der Waals surface area contributed by atoms with Gasteiger partial charge in [-0.25, -0.2) is 0 Å². The molecule has 2 rings (SSSR count). The summed E-state index contributed by atoms with van der Waals surface area (Å²) in [6.07, 6.45) is 4.08. The maximum absolute atomic E-state index is 12.3. The van der Waals surface area contributed by atoms with Crippen LogP contribution < -0.4 is 4.74 Å². The molecule has 108 valence electrons. The molecular formula is C17H23NO2. The van der Waals surface area contributed by atoms with E-state index in [2.05, 4.69) is 6.92 Å². The van der Waals surface area contributed by atoms with Crippen molar-refractivity contribution in [2.24, 2.45) is 5.92 Å². The van der Waals surface area contributed by atoms with E-state index in [9.17, 15) is 4.79 Å². The topological polar surface area (TPSA) is 29.5 Å². The van der Waals surface area contributed by atoms with E-state index in [4.69, 9.17) is 4.74 Å². The largest absolute Gasteiger partial charge is 0.497 e. The van der Waals surface area contributed by atoms with Crippen molar-refractivity contribution in [1.82, 2.24) is 4.90 Å². The number of piperidine rings is 1. The van der Waals surface area contributed by atoms with Crippen LogP contribution in [0.4, 0.5) is 0 Å². The number of carbonyl (C=O) groups excluding carboxylic acids is 1. The fourth-order valence-corrected chi connectivity index (χ4v) is 2.62. The molecule has 0 aliphatic carbocycles. The van der Waals surface area contributed by atoms with Crippen molar-refractivity contribution in [3.63, 3.8) is 0 Å². The minimum absolute atomic E-state index is 0.122. The first kappa shape index (κ1) is 14.6. The number of allylic oxidation sites excluding steroid dienone is 1. The summed E-state index contributed by atoms with van der Waals surface area (Å²) in [6, 6.07) is 7.81. The Morgan fingerprint density at radius 3 is 2.95 bits per heavy atom. The van der Waals surface area contributed by atoms with Crippen LogP contribution in [0, 0.1) is 5.92 Å². The average molecular weight is 273 g/mol. The first-order chi connectivity index (χ1) is 9.60. The normalized spacial score (nSPS) is 19.9. The molecule has 1 aromatic carbocycles. The molecule has 0 aromatic heterocycles. The molecule has 1 aromatic rings. The van der Waals surface area contributed by atoms with E-state index in [1.165, 1.54) is 6.42 Å². The van der Waals surface area contributed by atoms with Crippen LogP contribution in [-0.4, -0.2) is 31.0 Å². The van der Waals surface area contributed by atoms with Crippen molar-refractivity contribution in [2.75, 3.05) is 20.2 Å². The number of hydrogen-bond donors (Lipinski definition) is 0. The summed E-state index contributed by atoms with van der Waals surface area (Å²) in [7, 11) is 1.65. The third-order valence-electron chi connectivity index (χ3n) is 3.83. The molecule has 0 spiro atoms. The molecular weight excluding hydrogens is 250 g/mol. The van der Waals surface area contributed by atoms with Gasteiger partial charge in [0, 0.05) is 19.2 Å². The minimum Gasteiger partial charge on any atom is -0.497 e. The van der Waals surface area contributed by atoms with Gasteiger partial charge in [0.05, 0.1) is 7.11 Å². The first-order valence-electron chi connectivity index (χ1n) is 7.22. The zero-order valence-corrected chi connectivity index (χ0v) is 12.6. The summed E-state index contributed by atoms with van der Waals surface area (Å²) in [5.41, 5.74) is 2.01. The van der Waals surface area contributed by atoms with Crippen LogP contribution in [0.25, 0.3) is 5.57 Å². The Bertz CT molecular complexity index is 507. The Morgan fingerprint density at radius 2 is 2.25 bits per heavy atom. The van der Waals surface area contributed by atoms with Gasteiger partial charge < -0.3 is 9.64 Å². The van der Waals surface area contributed by atoms with Gasteiger partial charge in [-0.1, -0.05) is 19.1 Å². The lowest BCUT2D eigenvalue weighted by atomic mass is 10.00. The quantitative estimate of drug-likeness (QED) is 0.790. The summed E-state index contributed by atoms with van der Waals surface area (Å²) in [6.45, 7) is 5.93. The Hall–Kier alpha value is -1.77.